The fourth-order valence-corrected chi connectivity index (χ4v) is 2.44. The van der Waals surface area contributed by atoms with Gasteiger partial charge in [-0.3, -0.25) is 0 Å². The van der Waals surface area contributed by atoms with Crippen LogP contribution in [0.5, 0.6) is 0 Å². The van der Waals surface area contributed by atoms with Gasteiger partial charge in [0.2, 0.25) is 0 Å². The number of urea groups is 1. The molecule has 20 heavy (non-hydrogen) atoms. The first-order chi connectivity index (χ1) is 9.41. The normalized spacial score (nSPS) is 17.2. The minimum Gasteiger partial charge on any atom is -0.479 e. The van der Waals surface area contributed by atoms with Crippen LogP contribution in [0.3, 0.4) is 0 Å². The summed E-state index contributed by atoms with van der Waals surface area (Å²) < 4.78 is 0. The molecule has 3 N–H and O–H groups in total. The summed E-state index contributed by atoms with van der Waals surface area (Å²) in [6.07, 6.45) is 3.65. The fraction of sp³-hybridized carbons (Fsp3) is 0.857. The highest BCUT2D eigenvalue weighted by Crippen LogP contribution is 2.24. The Morgan fingerprint density at radius 1 is 1.30 bits per heavy atom. The molecule has 1 rings (SSSR count). The summed E-state index contributed by atoms with van der Waals surface area (Å²) in [5.41, 5.74) is 0. The van der Waals surface area contributed by atoms with Crippen LogP contribution in [0.15, 0.2) is 0 Å². The molecule has 0 saturated heterocycles. The average molecular weight is 286 g/mol. The molecule has 1 aliphatic rings. The van der Waals surface area contributed by atoms with Crippen molar-refractivity contribution in [2.75, 3.05) is 13.1 Å². The third-order valence-corrected chi connectivity index (χ3v) is 3.71. The van der Waals surface area contributed by atoms with E-state index in [1.807, 2.05) is 4.90 Å². The van der Waals surface area contributed by atoms with Crippen molar-refractivity contribution in [3.63, 3.8) is 0 Å². The van der Waals surface area contributed by atoms with Crippen LogP contribution in [0.2, 0.25) is 0 Å². The molecule has 1 unspecified atom stereocenters. The molecule has 0 spiro atoms. The van der Waals surface area contributed by atoms with Gasteiger partial charge in [-0.15, -0.1) is 0 Å². The summed E-state index contributed by atoms with van der Waals surface area (Å²) in [4.78, 5) is 24.5. The third-order valence-electron chi connectivity index (χ3n) is 3.71. The van der Waals surface area contributed by atoms with E-state index in [1.165, 1.54) is 0 Å². The zero-order valence-corrected chi connectivity index (χ0v) is 12.3. The fourth-order valence-electron chi connectivity index (χ4n) is 2.44. The van der Waals surface area contributed by atoms with Crippen molar-refractivity contribution in [2.24, 2.45) is 5.92 Å². The van der Waals surface area contributed by atoms with Crippen LogP contribution in [-0.2, 0) is 4.79 Å². The minimum atomic E-state index is -1.55. The van der Waals surface area contributed by atoms with Crippen LogP contribution in [0, 0.1) is 5.92 Å². The van der Waals surface area contributed by atoms with Crippen LogP contribution in [0.25, 0.3) is 0 Å². The predicted molar refractivity (Wildman–Crippen MR) is 75.5 cm³/mol. The van der Waals surface area contributed by atoms with E-state index in [0.717, 1.165) is 32.1 Å². The maximum atomic E-state index is 12.2. The van der Waals surface area contributed by atoms with Gasteiger partial charge in [-0.05, 0) is 25.2 Å². The van der Waals surface area contributed by atoms with E-state index in [0.29, 0.717) is 12.5 Å². The molecule has 0 aliphatic heterocycles. The van der Waals surface area contributed by atoms with Crippen molar-refractivity contribution in [3.8, 4) is 0 Å². The summed E-state index contributed by atoms with van der Waals surface area (Å²) in [5, 5.41) is 20.3. The summed E-state index contributed by atoms with van der Waals surface area (Å²) >= 11 is 0. The Morgan fingerprint density at radius 2 is 1.90 bits per heavy atom. The first kappa shape index (κ1) is 16.8. The molecule has 1 fully saturated rings. The number of carbonyl (C=O) groups excluding carboxylic acids is 1. The molecule has 0 aromatic heterocycles. The number of nitrogens with zero attached hydrogens (tertiary/aromatic N) is 1. The standard InChI is InChI=1S/C14H26N2O4/c1-10(2)7-8-16(11-5-3-4-6-11)14(20)15-9-12(17)13(18)19/h10-12,17H,3-9H2,1-2H3,(H,15,20)(H,18,19). The van der Waals surface area contributed by atoms with Crippen LogP contribution in [-0.4, -0.2) is 52.3 Å². The molecule has 116 valence electrons. The van der Waals surface area contributed by atoms with E-state index in [9.17, 15) is 14.7 Å². The first-order valence-electron chi connectivity index (χ1n) is 7.37. The van der Waals surface area contributed by atoms with Gasteiger partial charge in [0.25, 0.3) is 0 Å². The lowest BCUT2D eigenvalue weighted by Crippen LogP contribution is -2.48. The second-order valence-electron chi connectivity index (χ2n) is 5.85. The zero-order valence-electron chi connectivity index (χ0n) is 12.3. The largest absolute Gasteiger partial charge is 0.479 e. The van der Waals surface area contributed by atoms with E-state index in [4.69, 9.17) is 5.11 Å². The van der Waals surface area contributed by atoms with Crippen molar-refractivity contribution < 1.29 is 19.8 Å². The molecular formula is C14H26N2O4. The Hall–Kier alpha value is -1.30. The molecule has 0 aromatic carbocycles. The topological polar surface area (TPSA) is 89.9 Å². The van der Waals surface area contributed by atoms with Gasteiger partial charge in [-0.25, -0.2) is 9.59 Å². The van der Waals surface area contributed by atoms with E-state index in [2.05, 4.69) is 19.2 Å². The Balaban J connectivity index is 2.52. The molecule has 0 aromatic rings. The first-order valence-corrected chi connectivity index (χ1v) is 7.37. The molecule has 0 heterocycles. The van der Waals surface area contributed by atoms with Crippen molar-refractivity contribution >= 4 is 12.0 Å². The summed E-state index contributed by atoms with van der Waals surface area (Å²) in [6.45, 7) is 4.65. The third kappa shape index (κ3) is 5.36. The Kier molecular flexibility index (Phi) is 6.78. The van der Waals surface area contributed by atoms with E-state index >= 15 is 0 Å². The number of carboxylic acid groups (broad SMARTS) is 1. The molecule has 1 aliphatic carbocycles. The summed E-state index contributed by atoms with van der Waals surface area (Å²) in [5.74, 6) is -0.809. The van der Waals surface area contributed by atoms with Crippen molar-refractivity contribution in [2.45, 2.75) is 58.1 Å². The summed E-state index contributed by atoms with van der Waals surface area (Å²) in [7, 11) is 0. The minimum absolute atomic E-state index is 0.246. The monoisotopic (exact) mass is 286 g/mol. The van der Waals surface area contributed by atoms with Gasteiger partial charge < -0.3 is 20.4 Å². The van der Waals surface area contributed by atoms with Crippen LogP contribution < -0.4 is 5.32 Å². The second kappa shape index (κ2) is 8.09. The lowest BCUT2D eigenvalue weighted by molar-refractivity contribution is -0.146. The van der Waals surface area contributed by atoms with Gasteiger partial charge >= 0.3 is 12.0 Å². The highest BCUT2D eigenvalue weighted by molar-refractivity contribution is 5.77. The van der Waals surface area contributed by atoms with E-state index < -0.39 is 12.1 Å². The number of nitrogens with one attached hydrogen (secondary N) is 1. The molecule has 0 radical (unpaired) electrons. The van der Waals surface area contributed by atoms with Crippen molar-refractivity contribution in [1.29, 1.82) is 0 Å². The van der Waals surface area contributed by atoms with Gasteiger partial charge in [-0.2, -0.15) is 0 Å². The SMILES string of the molecule is CC(C)CCN(C(=O)NCC(O)C(=O)O)C1CCCC1. The number of aliphatic hydroxyl groups excluding tert-OH is 1. The number of rotatable bonds is 7. The maximum Gasteiger partial charge on any atom is 0.334 e. The number of aliphatic carboxylic acids is 1. The molecule has 6 heteroatoms. The van der Waals surface area contributed by atoms with Gasteiger partial charge in [-0.1, -0.05) is 26.7 Å². The molecule has 6 nitrogen and oxygen atoms in total. The summed E-state index contributed by atoms with van der Waals surface area (Å²) in [6, 6.07) is -0.0198. The van der Waals surface area contributed by atoms with E-state index in [1.54, 1.807) is 0 Å². The number of hydrogen-bond acceptors (Lipinski definition) is 3. The number of aliphatic hydroxyl groups is 1. The lowest BCUT2D eigenvalue weighted by Gasteiger charge is -2.30. The lowest BCUT2D eigenvalue weighted by atomic mass is 10.1. The predicted octanol–water partition coefficient (Wildman–Crippen LogP) is 1.43. The smallest absolute Gasteiger partial charge is 0.334 e. The van der Waals surface area contributed by atoms with Crippen molar-refractivity contribution in [1.82, 2.24) is 10.2 Å². The van der Waals surface area contributed by atoms with Gasteiger partial charge in [0.1, 0.15) is 0 Å². The van der Waals surface area contributed by atoms with Crippen LogP contribution >= 0.6 is 0 Å². The highest BCUT2D eigenvalue weighted by Gasteiger charge is 2.27. The highest BCUT2D eigenvalue weighted by atomic mass is 16.4. The maximum absolute atomic E-state index is 12.2. The average Bonchev–Trinajstić information content (AvgIpc) is 2.89. The molecule has 2 amide bonds. The Labute approximate surface area is 120 Å². The Bertz CT molecular complexity index is 327. The van der Waals surface area contributed by atoms with Crippen molar-refractivity contribution in [3.05, 3.63) is 0 Å². The number of hydrogen-bond donors (Lipinski definition) is 3. The quantitative estimate of drug-likeness (QED) is 0.660. The van der Waals surface area contributed by atoms with Crippen LogP contribution in [0.1, 0.15) is 46.0 Å². The number of carbonyl (C=O) groups is 2. The zero-order chi connectivity index (χ0) is 15.1. The Morgan fingerprint density at radius 3 is 2.40 bits per heavy atom. The van der Waals surface area contributed by atoms with Gasteiger partial charge in [0.05, 0.1) is 6.54 Å². The molecule has 1 atom stereocenters. The van der Waals surface area contributed by atoms with Gasteiger partial charge in [0.15, 0.2) is 6.10 Å². The van der Waals surface area contributed by atoms with E-state index in [-0.39, 0.29) is 18.6 Å². The second-order valence-corrected chi connectivity index (χ2v) is 5.85. The number of amides is 2. The molecule has 0 bridgehead atoms. The number of carboxylic acids is 1. The van der Waals surface area contributed by atoms with Gasteiger partial charge in [0, 0.05) is 12.6 Å². The van der Waals surface area contributed by atoms with Crippen LogP contribution in [0.4, 0.5) is 4.79 Å². The molecular weight excluding hydrogens is 260 g/mol. The molecule has 1 saturated carbocycles.